The van der Waals surface area contributed by atoms with Gasteiger partial charge in [-0.2, -0.15) is 4.31 Å². The third kappa shape index (κ3) is 3.61. The molecular weight excluding hydrogens is 338 g/mol. The Hall–Kier alpha value is -1.77. The van der Waals surface area contributed by atoms with Crippen molar-refractivity contribution in [1.29, 1.82) is 0 Å². The van der Waals surface area contributed by atoms with Gasteiger partial charge in [0.25, 0.3) is 0 Å². The van der Waals surface area contributed by atoms with Gasteiger partial charge in [0.1, 0.15) is 5.75 Å². The molecule has 2 aromatic carbocycles. The van der Waals surface area contributed by atoms with E-state index in [1.165, 1.54) is 0 Å². The van der Waals surface area contributed by atoms with Crippen molar-refractivity contribution in [2.45, 2.75) is 13.0 Å². The van der Waals surface area contributed by atoms with Crippen LogP contribution in [0.2, 0.25) is 0 Å². The Morgan fingerprint density at radius 2 is 1.96 bits per heavy atom. The summed E-state index contributed by atoms with van der Waals surface area (Å²) in [6, 6.07) is 15.2. The van der Waals surface area contributed by atoms with Crippen LogP contribution in [-0.2, 0) is 6.54 Å². The zero-order valence-electron chi connectivity index (χ0n) is 14.6. The summed E-state index contributed by atoms with van der Waals surface area (Å²) < 4.78 is 30.9. The molecule has 0 saturated carbocycles. The average Bonchev–Trinajstić information content (AvgIpc) is 2.62. The number of nitrogens with one attached hydrogen (secondary N) is 1. The highest BCUT2D eigenvalue weighted by Crippen LogP contribution is 2.58. The van der Waals surface area contributed by atoms with Gasteiger partial charge in [-0.15, -0.1) is 0 Å². The topological polar surface area (TPSA) is 68.2 Å². The zero-order chi connectivity index (χ0) is 17.9. The summed E-state index contributed by atoms with van der Waals surface area (Å²) in [6.07, 6.45) is 0.834. The minimum atomic E-state index is -3.15. The summed E-state index contributed by atoms with van der Waals surface area (Å²) >= 11 is 0. The Morgan fingerprint density at radius 3 is 2.72 bits per heavy atom. The normalized spacial score (nSPS) is 17.8. The lowest BCUT2D eigenvalue weighted by Crippen LogP contribution is -2.42. The Balaban J connectivity index is 2.03. The van der Waals surface area contributed by atoms with E-state index in [0.29, 0.717) is 24.5 Å². The predicted octanol–water partition coefficient (Wildman–Crippen LogP) is 3.84. The van der Waals surface area contributed by atoms with Crippen molar-refractivity contribution in [2.24, 2.45) is 0 Å². The van der Waals surface area contributed by atoms with E-state index in [9.17, 15) is 9.11 Å². The minimum absolute atomic E-state index is 0.517. The third-order valence-electron chi connectivity index (χ3n) is 4.27. The van der Waals surface area contributed by atoms with Gasteiger partial charge in [-0.1, -0.05) is 24.3 Å². The second kappa shape index (κ2) is 7.63. The van der Waals surface area contributed by atoms with Crippen LogP contribution in [0.5, 0.6) is 5.75 Å². The molecule has 0 unspecified atom stereocenters. The monoisotopic (exact) mass is 363 g/mol. The van der Waals surface area contributed by atoms with Gasteiger partial charge in [-0.25, -0.2) is 4.31 Å². The molecule has 1 aliphatic rings. The number of para-hydroxylation sites is 1. The lowest BCUT2D eigenvalue weighted by Gasteiger charge is -2.54. The number of methoxy groups -OCH3 is 1. The zero-order valence-corrected chi connectivity index (χ0v) is 15.4. The first-order valence-electron chi connectivity index (χ1n) is 8.28. The molecule has 0 aliphatic carbocycles. The summed E-state index contributed by atoms with van der Waals surface area (Å²) in [5.74, 6) is 0.678. The van der Waals surface area contributed by atoms with Crippen LogP contribution in [0.4, 0.5) is 11.4 Å². The third-order valence-corrected chi connectivity index (χ3v) is 6.17. The molecular formula is C18H25N3O3S. The number of rotatable bonds is 6. The Labute approximate surface area is 150 Å². The van der Waals surface area contributed by atoms with Crippen molar-refractivity contribution in [1.82, 2.24) is 9.62 Å². The van der Waals surface area contributed by atoms with Crippen LogP contribution in [0.25, 0.3) is 0 Å². The maximum atomic E-state index is 11.1. The molecule has 7 heteroatoms. The first kappa shape index (κ1) is 18.0. The van der Waals surface area contributed by atoms with Crippen molar-refractivity contribution >= 4 is 22.3 Å². The van der Waals surface area contributed by atoms with E-state index in [1.807, 2.05) is 55.6 Å². The molecule has 0 saturated heterocycles. The molecule has 0 spiro atoms. The molecule has 0 atom stereocenters. The van der Waals surface area contributed by atoms with Crippen molar-refractivity contribution in [2.75, 3.05) is 31.6 Å². The van der Waals surface area contributed by atoms with Crippen LogP contribution in [-0.4, -0.2) is 40.7 Å². The fraction of sp³-hybridized carbons (Fsp3) is 0.333. The van der Waals surface area contributed by atoms with Crippen molar-refractivity contribution in [3.8, 4) is 5.75 Å². The van der Waals surface area contributed by atoms with E-state index in [-0.39, 0.29) is 0 Å². The van der Waals surface area contributed by atoms with Crippen molar-refractivity contribution in [3.63, 3.8) is 0 Å². The first-order chi connectivity index (χ1) is 12.1. The van der Waals surface area contributed by atoms with Gasteiger partial charge in [0.15, 0.2) is 0 Å². The van der Waals surface area contributed by atoms with Crippen molar-refractivity contribution < 1.29 is 13.8 Å². The summed E-state index contributed by atoms with van der Waals surface area (Å²) in [4.78, 5) is 0. The van der Waals surface area contributed by atoms with Gasteiger partial charge in [-0.05, 0) is 54.7 Å². The number of benzene rings is 2. The summed E-state index contributed by atoms with van der Waals surface area (Å²) in [6.45, 7) is 1.94. The highest BCUT2D eigenvalue weighted by atomic mass is 32.3. The summed E-state index contributed by atoms with van der Waals surface area (Å²) in [5.41, 5.74) is 2.59. The number of hydrogen-bond donors (Lipinski definition) is 3. The van der Waals surface area contributed by atoms with Crippen LogP contribution in [0.3, 0.4) is 0 Å². The Kier molecular flexibility index (Phi) is 5.51. The maximum Gasteiger partial charge on any atom is 0.121 e. The quantitative estimate of drug-likeness (QED) is 0.678. The highest BCUT2D eigenvalue weighted by Gasteiger charge is 2.37. The molecule has 0 aromatic heterocycles. The molecule has 1 aliphatic heterocycles. The largest absolute Gasteiger partial charge is 0.497 e. The predicted molar refractivity (Wildman–Crippen MR) is 103 cm³/mol. The van der Waals surface area contributed by atoms with Gasteiger partial charge >= 0.3 is 0 Å². The van der Waals surface area contributed by atoms with E-state index in [1.54, 1.807) is 15.7 Å². The van der Waals surface area contributed by atoms with Crippen LogP contribution in [0, 0.1) is 0 Å². The molecule has 2 aromatic rings. The van der Waals surface area contributed by atoms with E-state index in [2.05, 4.69) is 5.32 Å². The van der Waals surface area contributed by atoms with Gasteiger partial charge in [0.2, 0.25) is 0 Å². The summed E-state index contributed by atoms with van der Waals surface area (Å²) in [7, 11) is 0.344. The van der Waals surface area contributed by atoms with Crippen LogP contribution < -0.4 is 14.4 Å². The number of nitrogens with zero attached hydrogens (tertiary/aromatic N) is 2. The van der Waals surface area contributed by atoms with Gasteiger partial charge < -0.3 is 10.1 Å². The number of ether oxygens (including phenoxy) is 1. The maximum absolute atomic E-state index is 11.1. The van der Waals surface area contributed by atoms with E-state index >= 15 is 0 Å². The smallest absolute Gasteiger partial charge is 0.121 e. The standard InChI is InChI=1S/C18H25N3O3S/c1-19-11-6-12-20-14-15-7-3-4-10-18(15)21(25(20,22)23)16-8-5-9-17(13-16)24-2/h3-5,7-10,13,19,22-23H,6,11-12,14H2,1-2H3. The second-order valence-electron chi connectivity index (χ2n) is 5.94. The molecule has 0 bridgehead atoms. The molecule has 0 radical (unpaired) electrons. The number of fused-ring (bicyclic) bond motifs is 1. The molecule has 25 heavy (non-hydrogen) atoms. The summed E-state index contributed by atoms with van der Waals surface area (Å²) in [5, 5.41) is 3.10. The van der Waals surface area contributed by atoms with Gasteiger partial charge in [0, 0.05) is 19.2 Å². The minimum Gasteiger partial charge on any atom is -0.497 e. The van der Waals surface area contributed by atoms with Gasteiger partial charge in [-0.3, -0.25) is 9.11 Å². The van der Waals surface area contributed by atoms with Crippen LogP contribution >= 0.6 is 11.0 Å². The average molecular weight is 363 g/mol. The van der Waals surface area contributed by atoms with Gasteiger partial charge in [0.05, 0.1) is 18.5 Å². The van der Waals surface area contributed by atoms with Crippen LogP contribution in [0.15, 0.2) is 48.5 Å². The second-order valence-corrected chi connectivity index (χ2v) is 7.80. The molecule has 3 N–H and O–H groups in total. The van der Waals surface area contributed by atoms with Crippen LogP contribution in [0.1, 0.15) is 12.0 Å². The molecule has 1 heterocycles. The fourth-order valence-corrected chi connectivity index (χ4v) is 4.77. The van der Waals surface area contributed by atoms with E-state index < -0.39 is 11.0 Å². The van der Waals surface area contributed by atoms with E-state index in [0.717, 1.165) is 24.2 Å². The highest BCUT2D eigenvalue weighted by molar-refractivity contribution is 8.23. The molecule has 6 nitrogen and oxygen atoms in total. The Morgan fingerprint density at radius 1 is 1.16 bits per heavy atom. The number of anilines is 2. The first-order valence-corrected chi connectivity index (χ1v) is 9.74. The fourth-order valence-electron chi connectivity index (χ4n) is 3.02. The lowest BCUT2D eigenvalue weighted by molar-refractivity contribution is 0.331. The molecule has 0 amide bonds. The number of hydrogen-bond acceptors (Lipinski definition) is 6. The van der Waals surface area contributed by atoms with E-state index in [4.69, 9.17) is 4.74 Å². The van der Waals surface area contributed by atoms with Crippen molar-refractivity contribution in [3.05, 3.63) is 54.1 Å². The molecule has 0 fully saturated rings. The Bertz CT molecular complexity index is 726. The molecule has 136 valence electrons. The molecule has 3 rings (SSSR count). The SMILES string of the molecule is CNCCCN1Cc2ccccc2N(c2cccc(OC)c2)S1(O)O. The lowest BCUT2D eigenvalue weighted by atomic mass is 10.1.